The Morgan fingerprint density at radius 1 is 1.33 bits per heavy atom. The summed E-state index contributed by atoms with van der Waals surface area (Å²) >= 11 is 2.09. The number of hydrogen-bond acceptors (Lipinski definition) is 3. The zero-order valence-corrected chi connectivity index (χ0v) is 12.0. The van der Waals surface area contributed by atoms with Crippen LogP contribution in [0.1, 0.15) is 44.7 Å². The zero-order chi connectivity index (χ0) is 13.0. The van der Waals surface area contributed by atoms with Gasteiger partial charge in [0.25, 0.3) is 0 Å². The second-order valence-electron chi connectivity index (χ2n) is 5.07. The number of aromatic hydroxyl groups is 1. The van der Waals surface area contributed by atoms with E-state index in [1.165, 1.54) is 30.6 Å². The Bertz CT molecular complexity index is 365. The summed E-state index contributed by atoms with van der Waals surface area (Å²) < 4.78 is 0. The van der Waals surface area contributed by atoms with Crippen LogP contribution < -0.4 is 5.32 Å². The summed E-state index contributed by atoms with van der Waals surface area (Å²) in [7, 11) is 0. The van der Waals surface area contributed by atoms with E-state index in [9.17, 15) is 5.11 Å². The van der Waals surface area contributed by atoms with Gasteiger partial charge in [-0.1, -0.05) is 19.1 Å². The van der Waals surface area contributed by atoms with E-state index in [1.807, 2.05) is 12.1 Å². The lowest BCUT2D eigenvalue weighted by Crippen LogP contribution is -2.29. The third-order valence-corrected chi connectivity index (χ3v) is 4.90. The highest BCUT2D eigenvalue weighted by molar-refractivity contribution is 7.99. The number of benzene rings is 1. The van der Waals surface area contributed by atoms with E-state index in [-0.39, 0.29) is 0 Å². The molecule has 2 nitrogen and oxygen atoms in total. The van der Waals surface area contributed by atoms with Crippen LogP contribution in [0.15, 0.2) is 24.3 Å². The number of thioether (sulfide) groups is 1. The predicted molar refractivity (Wildman–Crippen MR) is 79.2 cm³/mol. The highest BCUT2D eigenvalue weighted by Crippen LogP contribution is 2.31. The van der Waals surface area contributed by atoms with E-state index in [4.69, 9.17) is 0 Å². The molecule has 1 aliphatic rings. The molecular formula is C15H23NOS. The molecule has 100 valence electrons. The van der Waals surface area contributed by atoms with E-state index < -0.39 is 0 Å². The van der Waals surface area contributed by atoms with E-state index in [2.05, 4.69) is 30.9 Å². The van der Waals surface area contributed by atoms with Crippen LogP contribution in [0.3, 0.4) is 0 Å². The first-order valence-corrected chi connectivity index (χ1v) is 7.90. The molecule has 0 amide bonds. The SMILES string of the molecule is CCSC1CCC(NC(C)c2ccc(O)cc2)C1. The molecule has 1 aromatic rings. The Kier molecular flexibility index (Phi) is 4.95. The van der Waals surface area contributed by atoms with Crippen molar-refractivity contribution in [1.29, 1.82) is 0 Å². The lowest BCUT2D eigenvalue weighted by Gasteiger charge is -2.20. The Morgan fingerprint density at radius 3 is 2.72 bits per heavy atom. The summed E-state index contributed by atoms with van der Waals surface area (Å²) in [5.74, 6) is 1.57. The highest BCUT2D eigenvalue weighted by atomic mass is 32.2. The van der Waals surface area contributed by atoms with Crippen LogP contribution in [0, 0.1) is 0 Å². The van der Waals surface area contributed by atoms with Crippen molar-refractivity contribution < 1.29 is 5.11 Å². The standard InChI is InChI=1S/C15H23NOS/c1-3-18-15-9-6-13(10-15)16-11(2)12-4-7-14(17)8-5-12/h4-5,7-8,11,13,15-17H,3,6,9-10H2,1-2H3. The molecule has 2 N–H and O–H groups in total. The van der Waals surface area contributed by atoms with Gasteiger partial charge in [-0.15, -0.1) is 0 Å². The molecule has 1 saturated carbocycles. The van der Waals surface area contributed by atoms with Gasteiger partial charge < -0.3 is 10.4 Å². The van der Waals surface area contributed by atoms with E-state index in [0.29, 0.717) is 17.8 Å². The Balaban J connectivity index is 1.84. The molecule has 3 heteroatoms. The van der Waals surface area contributed by atoms with Crippen LogP contribution in [-0.4, -0.2) is 22.2 Å². The molecule has 1 aromatic carbocycles. The number of nitrogens with one attached hydrogen (secondary N) is 1. The first kappa shape index (κ1) is 13.8. The predicted octanol–water partition coefficient (Wildman–Crippen LogP) is 3.72. The van der Waals surface area contributed by atoms with Crippen molar-refractivity contribution in [3.63, 3.8) is 0 Å². The van der Waals surface area contributed by atoms with Gasteiger partial charge >= 0.3 is 0 Å². The fourth-order valence-corrected chi connectivity index (χ4v) is 3.83. The monoisotopic (exact) mass is 265 g/mol. The number of phenolic OH excluding ortho intramolecular Hbond substituents is 1. The maximum absolute atomic E-state index is 9.29. The Morgan fingerprint density at radius 2 is 2.06 bits per heavy atom. The van der Waals surface area contributed by atoms with Crippen molar-refractivity contribution >= 4 is 11.8 Å². The summed E-state index contributed by atoms with van der Waals surface area (Å²) in [6, 6.07) is 8.54. The number of phenols is 1. The molecule has 1 aliphatic carbocycles. The maximum atomic E-state index is 9.29. The molecule has 0 saturated heterocycles. The normalized spacial score (nSPS) is 25.2. The molecular weight excluding hydrogens is 242 g/mol. The molecule has 18 heavy (non-hydrogen) atoms. The van der Waals surface area contributed by atoms with Crippen molar-refractivity contribution in [2.45, 2.75) is 50.4 Å². The van der Waals surface area contributed by atoms with Crippen LogP contribution in [-0.2, 0) is 0 Å². The third kappa shape index (κ3) is 3.66. The van der Waals surface area contributed by atoms with Gasteiger partial charge in [-0.3, -0.25) is 0 Å². The minimum Gasteiger partial charge on any atom is -0.508 e. The van der Waals surface area contributed by atoms with Crippen molar-refractivity contribution in [2.75, 3.05) is 5.75 Å². The average Bonchev–Trinajstić information content (AvgIpc) is 2.78. The Labute approximate surface area is 114 Å². The second kappa shape index (κ2) is 6.48. The quantitative estimate of drug-likeness (QED) is 0.851. The molecule has 0 bridgehead atoms. The Hall–Kier alpha value is -0.670. The van der Waals surface area contributed by atoms with Gasteiger partial charge in [0.2, 0.25) is 0 Å². The van der Waals surface area contributed by atoms with Crippen molar-refractivity contribution in [3.8, 4) is 5.75 Å². The lowest BCUT2D eigenvalue weighted by atomic mass is 10.1. The maximum Gasteiger partial charge on any atom is 0.115 e. The van der Waals surface area contributed by atoms with Crippen molar-refractivity contribution in [3.05, 3.63) is 29.8 Å². The first-order valence-electron chi connectivity index (χ1n) is 6.85. The average molecular weight is 265 g/mol. The molecule has 0 aliphatic heterocycles. The molecule has 3 atom stereocenters. The summed E-state index contributed by atoms with van der Waals surface area (Å²) in [4.78, 5) is 0. The molecule has 1 fully saturated rings. The third-order valence-electron chi connectivity index (χ3n) is 3.67. The summed E-state index contributed by atoms with van der Waals surface area (Å²) in [6.07, 6.45) is 3.93. The van der Waals surface area contributed by atoms with Crippen molar-refractivity contribution in [2.24, 2.45) is 0 Å². The van der Waals surface area contributed by atoms with Gasteiger partial charge in [-0.05, 0) is 49.6 Å². The minimum atomic E-state index is 0.339. The van der Waals surface area contributed by atoms with Gasteiger partial charge in [0.05, 0.1) is 0 Å². The van der Waals surface area contributed by atoms with Gasteiger partial charge in [0.1, 0.15) is 5.75 Å². The van der Waals surface area contributed by atoms with Gasteiger partial charge in [0.15, 0.2) is 0 Å². The molecule has 0 radical (unpaired) electrons. The van der Waals surface area contributed by atoms with Crippen LogP contribution in [0.5, 0.6) is 5.75 Å². The smallest absolute Gasteiger partial charge is 0.115 e. The summed E-state index contributed by atoms with van der Waals surface area (Å²) in [6.45, 7) is 4.44. The molecule has 0 spiro atoms. The lowest BCUT2D eigenvalue weighted by molar-refractivity contribution is 0.458. The molecule has 2 rings (SSSR count). The summed E-state index contributed by atoms with van der Waals surface area (Å²) in [5, 5.41) is 13.8. The minimum absolute atomic E-state index is 0.339. The topological polar surface area (TPSA) is 32.3 Å². The van der Waals surface area contributed by atoms with E-state index in [0.717, 1.165) is 5.25 Å². The molecule has 3 unspecified atom stereocenters. The first-order chi connectivity index (χ1) is 8.69. The fourth-order valence-electron chi connectivity index (χ4n) is 2.69. The van der Waals surface area contributed by atoms with Gasteiger partial charge in [-0.25, -0.2) is 0 Å². The largest absolute Gasteiger partial charge is 0.508 e. The van der Waals surface area contributed by atoms with E-state index in [1.54, 1.807) is 12.1 Å². The van der Waals surface area contributed by atoms with Crippen LogP contribution in [0.4, 0.5) is 0 Å². The van der Waals surface area contributed by atoms with Gasteiger partial charge in [-0.2, -0.15) is 11.8 Å². The molecule has 0 heterocycles. The molecule has 0 aromatic heterocycles. The van der Waals surface area contributed by atoms with Crippen LogP contribution >= 0.6 is 11.8 Å². The number of hydrogen-bond donors (Lipinski definition) is 2. The zero-order valence-electron chi connectivity index (χ0n) is 11.2. The fraction of sp³-hybridized carbons (Fsp3) is 0.600. The van der Waals surface area contributed by atoms with Crippen molar-refractivity contribution in [1.82, 2.24) is 5.32 Å². The number of rotatable bonds is 5. The second-order valence-corrected chi connectivity index (χ2v) is 6.64. The van der Waals surface area contributed by atoms with Crippen LogP contribution in [0.2, 0.25) is 0 Å². The summed E-state index contributed by atoms with van der Waals surface area (Å²) in [5.41, 5.74) is 1.25. The van der Waals surface area contributed by atoms with E-state index >= 15 is 0 Å². The highest BCUT2D eigenvalue weighted by Gasteiger charge is 2.25. The van der Waals surface area contributed by atoms with Crippen LogP contribution in [0.25, 0.3) is 0 Å². The van der Waals surface area contributed by atoms with Gasteiger partial charge in [0, 0.05) is 17.3 Å².